The van der Waals surface area contributed by atoms with Gasteiger partial charge in [0.2, 0.25) is 10.0 Å². The first-order valence-corrected chi connectivity index (χ1v) is 10.9. The molecular formula is C20H30IN5O2S. The molecule has 0 aliphatic heterocycles. The van der Waals surface area contributed by atoms with Gasteiger partial charge in [-0.1, -0.05) is 29.3 Å². The Labute approximate surface area is 190 Å². The van der Waals surface area contributed by atoms with Gasteiger partial charge in [0, 0.05) is 32.0 Å². The van der Waals surface area contributed by atoms with Gasteiger partial charge in [0.15, 0.2) is 5.96 Å². The van der Waals surface area contributed by atoms with Crippen molar-refractivity contribution in [3.8, 4) is 0 Å². The highest BCUT2D eigenvalue weighted by molar-refractivity contribution is 14.0. The van der Waals surface area contributed by atoms with E-state index >= 15 is 0 Å². The summed E-state index contributed by atoms with van der Waals surface area (Å²) < 4.78 is 26.8. The van der Waals surface area contributed by atoms with Gasteiger partial charge in [-0.2, -0.15) is 0 Å². The zero-order chi connectivity index (χ0) is 20.4. The Morgan fingerprint density at radius 3 is 2.45 bits per heavy atom. The zero-order valence-electron chi connectivity index (χ0n) is 17.1. The van der Waals surface area contributed by atoms with Crippen LogP contribution in [0.1, 0.15) is 23.6 Å². The maximum absolute atomic E-state index is 12.2. The maximum atomic E-state index is 12.2. The highest BCUT2D eigenvalue weighted by Crippen LogP contribution is 2.09. The summed E-state index contributed by atoms with van der Waals surface area (Å²) in [6, 6.07) is 9.64. The summed E-state index contributed by atoms with van der Waals surface area (Å²) in [6.07, 6.45) is 3.75. The number of pyridine rings is 1. The van der Waals surface area contributed by atoms with Crippen LogP contribution in [0.5, 0.6) is 0 Å². The first-order chi connectivity index (χ1) is 13.4. The van der Waals surface area contributed by atoms with Gasteiger partial charge in [-0.05, 0) is 44.9 Å². The largest absolute Gasteiger partial charge is 0.357 e. The number of rotatable bonds is 9. The Morgan fingerprint density at radius 2 is 1.83 bits per heavy atom. The van der Waals surface area contributed by atoms with Crippen molar-refractivity contribution in [2.24, 2.45) is 4.99 Å². The van der Waals surface area contributed by atoms with Crippen molar-refractivity contribution < 1.29 is 8.42 Å². The topological polar surface area (TPSA) is 95.5 Å². The SMILES string of the molecule is CCNC(=NCCNS(=O)(=O)c1cccnc1)NCCc1cc(C)cc(C)c1.I. The minimum absolute atomic E-state index is 0. The predicted octanol–water partition coefficient (Wildman–Crippen LogP) is 2.39. The number of aliphatic imine (C=N–C) groups is 1. The second kappa shape index (κ2) is 12.8. The molecule has 0 aliphatic carbocycles. The Balaban J connectivity index is 0.00000420. The molecule has 1 aromatic heterocycles. The van der Waals surface area contributed by atoms with Crippen LogP contribution in [0.15, 0.2) is 52.6 Å². The van der Waals surface area contributed by atoms with Crippen LogP contribution < -0.4 is 15.4 Å². The number of sulfonamides is 1. The van der Waals surface area contributed by atoms with E-state index in [4.69, 9.17) is 0 Å². The van der Waals surface area contributed by atoms with E-state index in [0.29, 0.717) is 12.5 Å². The van der Waals surface area contributed by atoms with Crippen LogP contribution in [0, 0.1) is 13.8 Å². The molecule has 2 aromatic rings. The van der Waals surface area contributed by atoms with Crippen LogP contribution in [-0.4, -0.2) is 45.5 Å². The lowest BCUT2D eigenvalue weighted by atomic mass is 10.1. The van der Waals surface area contributed by atoms with Gasteiger partial charge in [-0.25, -0.2) is 13.1 Å². The number of aromatic nitrogens is 1. The molecule has 7 nitrogen and oxygen atoms in total. The molecule has 0 aliphatic rings. The van der Waals surface area contributed by atoms with Crippen molar-refractivity contribution in [1.82, 2.24) is 20.3 Å². The fraction of sp³-hybridized carbons (Fsp3) is 0.400. The van der Waals surface area contributed by atoms with Crippen LogP contribution >= 0.6 is 24.0 Å². The lowest BCUT2D eigenvalue weighted by Gasteiger charge is -2.12. The Hall–Kier alpha value is -1.72. The highest BCUT2D eigenvalue weighted by Gasteiger charge is 2.12. The molecule has 0 fully saturated rings. The van der Waals surface area contributed by atoms with E-state index < -0.39 is 10.0 Å². The van der Waals surface area contributed by atoms with E-state index in [1.54, 1.807) is 6.07 Å². The summed E-state index contributed by atoms with van der Waals surface area (Å²) in [4.78, 5) is 8.41. The number of guanidine groups is 1. The van der Waals surface area contributed by atoms with E-state index in [1.165, 1.54) is 35.2 Å². The van der Waals surface area contributed by atoms with Crippen LogP contribution in [-0.2, 0) is 16.4 Å². The minimum atomic E-state index is -3.55. The van der Waals surface area contributed by atoms with Gasteiger partial charge in [-0.3, -0.25) is 9.98 Å². The van der Waals surface area contributed by atoms with E-state index in [2.05, 4.69) is 57.4 Å². The van der Waals surface area contributed by atoms with Crippen LogP contribution in [0.4, 0.5) is 0 Å². The number of aryl methyl sites for hydroxylation is 2. The average Bonchev–Trinajstić information content (AvgIpc) is 2.65. The van der Waals surface area contributed by atoms with Crippen molar-refractivity contribution in [2.75, 3.05) is 26.2 Å². The molecule has 0 radical (unpaired) electrons. The lowest BCUT2D eigenvalue weighted by Crippen LogP contribution is -2.39. The molecule has 0 atom stereocenters. The fourth-order valence-corrected chi connectivity index (χ4v) is 3.80. The molecule has 0 amide bonds. The predicted molar refractivity (Wildman–Crippen MR) is 128 cm³/mol. The third-order valence-corrected chi connectivity index (χ3v) is 5.40. The second-order valence-electron chi connectivity index (χ2n) is 6.52. The van der Waals surface area contributed by atoms with Gasteiger partial charge >= 0.3 is 0 Å². The monoisotopic (exact) mass is 531 g/mol. The number of nitrogens with one attached hydrogen (secondary N) is 3. The molecule has 29 heavy (non-hydrogen) atoms. The fourth-order valence-electron chi connectivity index (χ4n) is 2.82. The molecule has 3 N–H and O–H groups in total. The van der Waals surface area contributed by atoms with Crippen LogP contribution in [0.3, 0.4) is 0 Å². The maximum Gasteiger partial charge on any atom is 0.242 e. The zero-order valence-corrected chi connectivity index (χ0v) is 20.3. The molecule has 0 spiro atoms. The van der Waals surface area contributed by atoms with Crippen molar-refractivity contribution in [3.05, 3.63) is 59.4 Å². The summed E-state index contributed by atoms with van der Waals surface area (Å²) in [5.41, 5.74) is 3.80. The smallest absolute Gasteiger partial charge is 0.242 e. The molecular weight excluding hydrogens is 501 g/mol. The van der Waals surface area contributed by atoms with Crippen LogP contribution in [0.25, 0.3) is 0 Å². The second-order valence-corrected chi connectivity index (χ2v) is 8.29. The summed E-state index contributed by atoms with van der Waals surface area (Å²) in [7, 11) is -3.55. The first-order valence-electron chi connectivity index (χ1n) is 9.40. The number of halogens is 1. The third-order valence-electron chi connectivity index (χ3n) is 3.95. The molecule has 0 saturated carbocycles. The molecule has 1 heterocycles. The molecule has 0 saturated heterocycles. The molecule has 2 rings (SSSR count). The average molecular weight is 531 g/mol. The Kier molecular flexibility index (Phi) is 11.1. The summed E-state index contributed by atoms with van der Waals surface area (Å²) >= 11 is 0. The van der Waals surface area contributed by atoms with Gasteiger partial charge < -0.3 is 10.6 Å². The summed E-state index contributed by atoms with van der Waals surface area (Å²) in [6.45, 7) is 8.21. The van der Waals surface area contributed by atoms with Crippen molar-refractivity contribution in [2.45, 2.75) is 32.1 Å². The summed E-state index contributed by atoms with van der Waals surface area (Å²) in [5.74, 6) is 0.674. The first kappa shape index (κ1) is 25.3. The van der Waals surface area contributed by atoms with E-state index in [1.807, 2.05) is 6.92 Å². The number of benzene rings is 1. The number of hydrogen-bond acceptors (Lipinski definition) is 4. The normalized spacial score (nSPS) is 11.6. The third kappa shape index (κ3) is 9.09. The van der Waals surface area contributed by atoms with Gasteiger partial charge in [-0.15, -0.1) is 24.0 Å². The standard InChI is InChI=1S/C20H29N5O2S.HI/c1-4-22-20(23-9-7-18-13-16(2)12-17(3)14-18)24-10-11-25-28(26,27)19-6-5-8-21-15-19;/h5-6,8,12-15,25H,4,7,9-11H2,1-3H3,(H2,22,23,24);1H. The Morgan fingerprint density at radius 1 is 1.10 bits per heavy atom. The minimum Gasteiger partial charge on any atom is -0.357 e. The van der Waals surface area contributed by atoms with Crippen molar-refractivity contribution >= 4 is 40.0 Å². The van der Waals surface area contributed by atoms with Gasteiger partial charge in [0.25, 0.3) is 0 Å². The number of nitrogens with zero attached hydrogens (tertiary/aromatic N) is 2. The summed E-state index contributed by atoms with van der Waals surface area (Å²) in [5, 5.41) is 6.46. The molecule has 9 heteroatoms. The van der Waals surface area contributed by atoms with E-state index in [-0.39, 0.29) is 35.4 Å². The van der Waals surface area contributed by atoms with E-state index in [9.17, 15) is 8.42 Å². The Bertz CT molecular complexity index is 869. The highest BCUT2D eigenvalue weighted by atomic mass is 127. The van der Waals surface area contributed by atoms with Crippen LogP contribution in [0.2, 0.25) is 0 Å². The van der Waals surface area contributed by atoms with Crippen molar-refractivity contribution in [3.63, 3.8) is 0 Å². The quantitative estimate of drug-likeness (QED) is 0.200. The lowest BCUT2D eigenvalue weighted by molar-refractivity contribution is 0.581. The number of hydrogen-bond donors (Lipinski definition) is 3. The molecule has 0 bridgehead atoms. The van der Waals surface area contributed by atoms with E-state index in [0.717, 1.165) is 19.5 Å². The molecule has 0 unspecified atom stereocenters. The molecule has 160 valence electrons. The van der Waals surface area contributed by atoms with Crippen molar-refractivity contribution in [1.29, 1.82) is 0 Å². The van der Waals surface area contributed by atoms with Gasteiger partial charge in [0.1, 0.15) is 4.90 Å². The molecule has 1 aromatic carbocycles. The van der Waals surface area contributed by atoms with Gasteiger partial charge in [0.05, 0.1) is 6.54 Å².